The summed E-state index contributed by atoms with van der Waals surface area (Å²) >= 11 is 0. The zero-order valence-corrected chi connectivity index (χ0v) is 16.7. The minimum atomic E-state index is -3.64. The van der Waals surface area contributed by atoms with Gasteiger partial charge >= 0.3 is 0 Å². The number of nitrogens with zero attached hydrogens (tertiary/aromatic N) is 2. The Labute approximate surface area is 169 Å². The van der Waals surface area contributed by atoms with Gasteiger partial charge in [0.15, 0.2) is 0 Å². The fraction of sp³-hybridized carbons (Fsp3) is 0.318. The maximum atomic E-state index is 13.6. The summed E-state index contributed by atoms with van der Waals surface area (Å²) in [4.78, 5) is 6.58. The van der Waals surface area contributed by atoms with Crippen LogP contribution in [0.1, 0.15) is 18.4 Å². The molecule has 152 valence electrons. The third-order valence-electron chi connectivity index (χ3n) is 5.30. The Bertz CT molecular complexity index is 1120. The molecule has 7 heteroatoms. The number of sulfone groups is 1. The Hall–Kier alpha value is -2.38. The predicted octanol–water partition coefficient (Wildman–Crippen LogP) is 4.34. The zero-order valence-electron chi connectivity index (χ0n) is 15.9. The fourth-order valence-electron chi connectivity index (χ4n) is 3.80. The molecule has 0 unspecified atom stereocenters. The average molecular weight is 416 g/mol. The normalized spacial score (nSPS) is 17.4. The van der Waals surface area contributed by atoms with Crippen molar-refractivity contribution in [1.29, 1.82) is 0 Å². The lowest BCUT2D eigenvalue weighted by atomic mass is 10.0. The predicted molar refractivity (Wildman–Crippen MR) is 108 cm³/mol. The smallest absolute Gasteiger partial charge is 0.260 e. The van der Waals surface area contributed by atoms with Crippen LogP contribution in [0, 0.1) is 0 Å². The molecule has 4 nitrogen and oxygen atoms in total. The zero-order chi connectivity index (χ0) is 20.5. The Morgan fingerprint density at radius 2 is 1.83 bits per heavy atom. The molecule has 0 spiro atoms. The molecule has 0 atom stereocenters. The number of likely N-dealkylation sites (tertiary alicyclic amines) is 1. The Balaban J connectivity index is 1.58. The number of fused-ring (bicyclic) bond motifs is 1. The quantitative estimate of drug-likeness (QED) is 0.621. The maximum absolute atomic E-state index is 13.6. The number of benzene rings is 2. The van der Waals surface area contributed by atoms with E-state index in [1.54, 1.807) is 41.3 Å². The number of alkyl halides is 2. The molecule has 0 saturated carbocycles. The molecule has 1 fully saturated rings. The first kappa shape index (κ1) is 19.9. The third kappa shape index (κ3) is 4.31. The highest BCUT2D eigenvalue weighted by Crippen LogP contribution is 2.28. The first-order valence-electron chi connectivity index (χ1n) is 9.63. The summed E-state index contributed by atoms with van der Waals surface area (Å²) in [5.74, 6) is -2.62. The number of hydrogen-bond donors (Lipinski definition) is 0. The third-order valence-corrected chi connectivity index (χ3v) is 7.04. The van der Waals surface area contributed by atoms with Crippen LogP contribution in [0.5, 0.6) is 0 Å². The number of rotatable bonds is 5. The van der Waals surface area contributed by atoms with Gasteiger partial charge in [0.2, 0.25) is 9.84 Å². The highest BCUT2D eigenvalue weighted by Gasteiger charge is 2.34. The molecule has 2 aromatic carbocycles. The van der Waals surface area contributed by atoms with Gasteiger partial charge in [0.05, 0.1) is 21.9 Å². The monoisotopic (exact) mass is 416 g/mol. The summed E-state index contributed by atoms with van der Waals surface area (Å²) in [5, 5.41) is 0.725. The molecular weight excluding hydrogens is 394 g/mol. The van der Waals surface area contributed by atoms with Crippen molar-refractivity contribution in [2.24, 2.45) is 0 Å². The largest absolute Gasteiger partial charge is 0.297 e. The van der Waals surface area contributed by atoms with E-state index < -0.39 is 15.8 Å². The molecule has 0 N–H and O–H groups in total. The van der Waals surface area contributed by atoms with E-state index in [4.69, 9.17) is 0 Å². The van der Waals surface area contributed by atoms with E-state index in [1.807, 2.05) is 18.2 Å². The molecular formula is C22H22F2N2O2S. The van der Waals surface area contributed by atoms with Crippen molar-refractivity contribution in [2.75, 3.05) is 19.6 Å². The SMILES string of the molecule is O=S(=O)(c1ccccc1)c1cnc2c(CCN3CCCC(F)(F)C3)cccc2c1. The van der Waals surface area contributed by atoms with Gasteiger partial charge in [-0.3, -0.25) is 9.88 Å². The van der Waals surface area contributed by atoms with Crippen LogP contribution in [-0.4, -0.2) is 43.9 Å². The van der Waals surface area contributed by atoms with Crippen LogP contribution < -0.4 is 0 Å². The van der Waals surface area contributed by atoms with Crippen LogP contribution in [0.3, 0.4) is 0 Å². The highest BCUT2D eigenvalue weighted by molar-refractivity contribution is 7.91. The van der Waals surface area contributed by atoms with Gasteiger partial charge in [-0.15, -0.1) is 0 Å². The van der Waals surface area contributed by atoms with Crippen molar-refractivity contribution in [3.8, 4) is 0 Å². The summed E-state index contributed by atoms with van der Waals surface area (Å²) in [6, 6.07) is 15.5. The van der Waals surface area contributed by atoms with Crippen LogP contribution >= 0.6 is 0 Å². The summed E-state index contributed by atoms with van der Waals surface area (Å²) in [5.41, 5.74) is 1.64. The molecule has 1 aliphatic rings. The lowest BCUT2D eigenvalue weighted by Crippen LogP contribution is -2.43. The van der Waals surface area contributed by atoms with E-state index >= 15 is 0 Å². The Morgan fingerprint density at radius 3 is 2.59 bits per heavy atom. The first-order valence-corrected chi connectivity index (χ1v) is 11.1. The molecule has 0 amide bonds. The van der Waals surface area contributed by atoms with Crippen molar-refractivity contribution < 1.29 is 17.2 Å². The maximum Gasteiger partial charge on any atom is 0.260 e. The molecule has 3 aromatic rings. The fourth-order valence-corrected chi connectivity index (χ4v) is 5.07. The number of halogens is 2. The van der Waals surface area contributed by atoms with E-state index in [0.717, 1.165) is 10.9 Å². The number of para-hydroxylation sites is 1. The lowest BCUT2D eigenvalue weighted by molar-refractivity contribution is -0.0635. The van der Waals surface area contributed by atoms with E-state index in [9.17, 15) is 17.2 Å². The summed E-state index contributed by atoms with van der Waals surface area (Å²) < 4.78 is 52.9. The first-order chi connectivity index (χ1) is 13.9. The molecule has 0 radical (unpaired) electrons. The van der Waals surface area contributed by atoms with Crippen molar-refractivity contribution >= 4 is 20.7 Å². The number of hydrogen-bond acceptors (Lipinski definition) is 4. The summed E-state index contributed by atoms with van der Waals surface area (Å²) in [6.07, 6.45) is 2.42. The average Bonchev–Trinajstić information content (AvgIpc) is 2.71. The number of aromatic nitrogens is 1. The molecule has 1 aromatic heterocycles. The topological polar surface area (TPSA) is 50.3 Å². The van der Waals surface area contributed by atoms with Gasteiger partial charge < -0.3 is 0 Å². The van der Waals surface area contributed by atoms with Gasteiger partial charge in [-0.2, -0.15) is 0 Å². The summed E-state index contributed by atoms with van der Waals surface area (Å²) in [6.45, 7) is 0.998. The van der Waals surface area contributed by atoms with Gasteiger partial charge in [0.1, 0.15) is 0 Å². The highest BCUT2D eigenvalue weighted by atomic mass is 32.2. The van der Waals surface area contributed by atoms with Crippen molar-refractivity contribution in [2.45, 2.75) is 35.0 Å². The van der Waals surface area contributed by atoms with Crippen molar-refractivity contribution in [1.82, 2.24) is 9.88 Å². The minimum absolute atomic E-state index is 0.0437. The van der Waals surface area contributed by atoms with Crippen LogP contribution in [0.2, 0.25) is 0 Å². The van der Waals surface area contributed by atoms with E-state index in [2.05, 4.69) is 4.98 Å². The van der Waals surface area contributed by atoms with E-state index in [0.29, 0.717) is 31.4 Å². The standard InChI is InChI=1S/C22H22F2N2O2S/c23-22(24)11-5-12-26(16-22)13-10-17-6-4-7-18-14-20(15-25-21(17)18)29(27,28)19-8-2-1-3-9-19/h1-4,6-9,14-15H,5,10-13,16H2. The van der Waals surface area contributed by atoms with Gasteiger partial charge in [0.25, 0.3) is 5.92 Å². The second-order valence-electron chi connectivity index (χ2n) is 7.46. The van der Waals surface area contributed by atoms with Crippen LogP contribution in [-0.2, 0) is 16.3 Å². The number of piperidine rings is 1. The summed E-state index contributed by atoms with van der Waals surface area (Å²) in [7, 11) is -3.64. The van der Waals surface area contributed by atoms with Crippen molar-refractivity contribution in [3.63, 3.8) is 0 Å². The van der Waals surface area contributed by atoms with Gasteiger partial charge in [0, 0.05) is 24.5 Å². The lowest BCUT2D eigenvalue weighted by Gasteiger charge is -2.32. The molecule has 29 heavy (non-hydrogen) atoms. The Kier molecular flexibility index (Phi) is 5.36. The molecule has 2 heterocycles. The molecule has 1 aliphatic heterocycles. The molecule has 4 rings (SSSR count). The second-order valence-corrected chi connectivity index (χ2v) is 9.41. The minimum Gasteiger partial charge on any atom is -0.297 e. The number of pyridine rings is 1. The molecule has 1 saturated heterocycles. The van der Waals surface area contributed by atoms with E-state index in [1.165, 1.54) is 6.20 Å². The van der Waals surface area contributed by atoms with E-state index in [-0.39, 0.29) is 22.8 Å². The van der Waals surface area contributed by atoms with Crippen LogP contribution in [0.25, 0.3) is 10.9 Å². The van der Waals surface area contributed by atoms with Crippen LogP contribution in [0.4, 0.5) is 8.78 Å². The van der Waals surface area contributed by atoms with Crippen LogP contribution in [0.15, 0.2) is 70.6 Å². The van der Waals surface area contributed by atoms with Crippen molar-refractivity contribution in [3.05, 3.63) is 66.4 Å². The molecule has 0 bridgehead atoms. The molecule has 0 aliphatic carbocycles. The Morgan fingerprint density at radius 1 is 1.03 bits per heavy atom. The second kappa shape index (κ2) is 7.80. The van der Waals surface area contributed by atoms with Gasteiger partial charge in [-0.05, 0) is 43.1 Å². The van der Waals surface area contributed by atoms with Gasteiger partial charge in [-0.1, -0.05) is 36.4 Å². The van der Waals surface area contributed by atoms with Gasteiger partial charge in [-0.25, -0.2) is 17.2 Å².